The van der Waals surface area contributed by atoms with Gasteiger partial charge in [0.05, 0.1) is 34.8 Å². The Kier molecular flexibility index (Phi) is 11.7. The first-order valence-electron chi connectivity index (χ1n) is 14.0. The number of pyridine rings is 1. The van der Waals surface area contributed by atoms with Crippen LogP contribution in [-0.4, -0.2) is 75.7 Å². The maximum absolute atomic E-state index is 13.7. The fraction of sp³-hybridized carbons (Fsp3) is 0.258. The highest BCUT2D eigenvalue weighted by molar-refractivity contribution is 7.90. The van der Waals surface area contributed by atoms with E-state index in [4.69, 9.17) is 18.9 Å². The smallest absolute Gasteiger partial charge is 0.453 e. The van der Waals surface area contributed by atoms with Crippen LogP contribution in [0.1, 0.15) is 21.6 Å². The van der Waals surface area contributed by atoms with Crippen LogP contribution in [0.4, 0.5) is 18.3 Å². The number of thiazole rings is 1. The van der Waals surface area contributed by atoms with Crippen molar-refractivity contribution >= 4 is 44.1 Å². The summed E-state index contributed by atoms with van der Waals surface area (Å²) in [7, 11) is -0.774. The standard InChI is InChI=1S/C31H29F3N4O9S2/c1-17-6-5-11-35-26(17)18-12-22(28(40)38-30-37-19(16-48-30)14-24(39)36-15-25(44-2)45-3)27(47-29(41)31(32,33)34)23(13-18)46-20-7-9-21(10-8-20)49(4,42)43/h5-13,16,25H,14-15H2,1-4H3,(H,36,39)(H,37,38,40). The van der Waals surface area contributed by atoms with Crippen LogP contribution in [0.3, 0.4) is 0 Å². The zero-order valence-electron chi connectivity index (χ0n) is 26.3. The average Bonchev–Trinajstić information content (AvgIpc) is 3.47. The molecule has 2 aromatic carbocycles. The molecule has 2 N–H and O–H groups in total. The molecule has 0 radical (unpaired) electrons. The van der Waals surface area contributed by atoms with E-state index in [0.717, 1.165) is 17.6 Å². The van der Waals surface area contributed by atoms with Crippen LogP contribution in [0.15, 0.2) is 65.0 Å². The Morgan fingerprint density at radius 3 is 2.35 bits per heavy atom. The number of aryl methyl sites for hydroxylation is 1. The summed E-state index contributed by atoms with van der Waals surface area (Å²) in [5.74, 6) is -5.51. The minimum absolute atomic E-state index is 0.0224. The van der Waals surface area contributed by atoms with Gasteiger partial charge >= 0.3 is 12.1 Å². The predicted octanol–water partition coefficient (Wildman–Crippen LogP) is 4.71. The summed E-state index contributed by atoms with van der Waals surface area (Å²) in [5, 5.41) is 6.54. The van der Waals surface area contributed by atoms with Crippen LogP contribution >= 0.6 is 11.3 Å². The van der Waals surface area contributed by atoms with Gasteiger partial charge in [0, 0.05) is 37.6 Å². The van der Waals surface area contributed by atoms with Gasteiger partial charge in [-0.25, -0.2) is 18.2 Å². The van der Waals surface area contributed by atoms with E-state index >= 15 is 0 Å². The number of halogens is 3. The lowest BCUT2D eigenvalue weighted by molar-refractivity contribution is -0.189. The SMILES string of the molecule is COC(CNC(=O)Cc1csc(NC(=O)c2cc(-c3ncccc3C)cc(Oc3ccc(S(C)(=O)=O)cc3)c2OC(=O)C(F)(F)F)n1)OC. The number of esters is 1. The molecule has 0 bridgehead atoms. The monoisotopic (exact) mass is 722 g/mol. The Morgan fingerprint density at radius 1 is 1.04 bits per heavy atom. The average molecular weight is 723 g/mol. The summed E-state index contributed by atoms with van der Waals surface area (Å²) >= 11 is 0.932. The van der Waals surface area contributed by atoms with E-state index < -0.39 is 57.1 Å². The molecular formula is C31H29F3N4O9S2. The lowest BCUT2D eigenvalue weighted by Crippen LogP contribution is -2.35. The number of carbonyl (C=O) groups excluding carboxylic acids is 3. The molecule has 18 heteroatoms. The normalized spacial score (nSPS) is 11.7. The Hall–Kier alpha value is -4.91. The first-order valence-corrected chi connectivity index (χ1v) is 16.8. The minimum atomic E-state index is -5.45. The van der Waals surface area contributed by atoms with Crippen molar-refractivity contribution in [1.29, 1.82) is 0 Å². The summed E-state index contributed by atoms with van der Waals surface area (Å²) in [5.41, 5.74) is 0.881. The van der Waals surface area contributed by atoms with Gasteiger partial charge in [0.15, 0.2) is 32.8 Å². The summed E-state index contributed by atoms with van der Waals surface area (Å²) < 4.78 is 84.7. The Bertz CT molecular complexity index is 1950. The van der Waals surface area contributed by atoms with Crippen molar-refractivity contribution in [2.75, 3.05) is 32.3 Å². The highest BCUT2D eigenvalue weighted by atomic mass is 32.2. The van der Waals surface area contributed by atoms with E-state index in [-0.39, 0.29) is 40.0 Å². The number of methoxy groups -OCH3 is 2. The Morgan fingerprint density at radius 2 is 1.73 bits per heavy atom. The van der Waals surface area contributed by atoms with E-state index in [9.17, 15) is 36.0 Å². The van der Waals surface area contributed by atoms with E-state index in [0.29, 0.717) is 11.3 Å². The second kappa shape index (κ2) is 15.5. The largest absolute Gasteiger partial charge is 0.491 e. The van der Waals surface area contributed by atoms with Crippen LogP contribution in [0.5, 0.6) is 17.2 Å². The third-order valence-electron chi connectivity index (χ3n) is 6.59. The highest BCUT2D eigenvalue weighted by Crippen LogP contribution is 2.41. The predicted molar refractivity (Wildman–Crippen MR) is 170 cm³/mol. The van der Waals surface area contributed by atoms with Gasteiger partial charge in [0.2, 0.25) is 5.91 Å². The van der Waals surface area contributed by atoms with Gasteiger partial charge in [-0.15, -0.1) is 11.3 Å². The molecule has 0 saturated carbocycles. The molecule has 0 saturated heterocycles. The number of benzene rings is 2. The maximum atomic E-state index is 13.7. The quantitative estimate of drug-likeness (QED) is 0.111. The second-order valence-electron chi connectivity index (χ2n) is 10.2. The van der Waals surface area contributed by atoms with E-state index in [1.54, 1.807) is 19.1 Å². The fourth-order valence-corrected chi connectivity index (χ4v) is 5.54. The lowest BCUT2D eigenvalue weighted by Gasteiger charge is -2.18. The summed E-state index contributed by atoms with van der Waals surface area (Å²) in [6.45, 7) is 1.78. The van der Waals surface area contributed by atoms with Crippen molar-refractivity contribution in [1.82, 2.24) is 15.3 Å². The van der Waals surface area contributed by atoms with Crippen molar-refractivity contribution in [3.05, 3.63) is 76.9 Å². The Labute approximate surface area is 282 Å². The first kappa shape index (κ1) is 36.9. The number of rotatable bonds is 13. The number of carbonyl (C=O) groups is 3. The molecule has 0 aliphatic carbocycles. The molecule has 49 heavy (non-hydrogen) atoms. The number of ether oxygens (including phenoxy) is 4. The number of alkyl halides is 3. The number of aromatic nitrogens is 2. The van der Waals surface area contributed by atoms with Crippen LogP contribution < -0.4 is 20.1 Å². The van der Waals surface area contributed by atoms with Gasteiger partial charge in [-0.3, -0.25) is 19.9 Å². The number of anilines is 1. The molecule has 0 fully saturated rings. The van der Waals surface area contributed by atoms with Gasteiger partial charge in [-0.1, -0.05) is 6.07 Å². The Balaban J connectivity index is 1.74. The van der Waals surface area contributed by atoms with Crippen molar-refractivity contribution in [2.24, 2.45) is 0 Å². The molecule has 260 valence electrons. The summed E-state index contributed by atoms with van der Waals surface area (Å²) in [4.78, 5) is 46.6. The van der Waals surface area contributed by atoms with Crippen LogP contribution in [0.25, 0.3) is 11.3 Å². The van der Waals surface area contributed by atoms with Gasteiger partial charge in [-0.05, 0) is 55.0 Å². The highest BCUT2D eigenvalue weighted by Gasteiger charge is 2.42. The number of hydrogen-bond acceptors (Lipinski definition) is 12. The van der Waals surface area contributed by atoms with Crippen LogP contribution in [-0.2, 0) is 35.3 Å². The molecule has 0 spiro atoms. The molecule has 13 nitrogen and oxygen atoms in total. The van der Waals surface area contributed by atoms with Crippen molar-refractivity contribution in [3.8, 4) is 28.5 Å². The molecule has 4 rings (SSSR count). The van der Waals surface area contributed by atoms with Gasteiger partial charge in [-0.2, -0.15) is 13.2 Å². The van der Waals surface area contributed by atoms with Crippen molar-refractivity contribution in [2.45, 2.75) is 30.7 Å². The molecule has 0 aliphatic heterocycles. The molecule has 0 aliphatic rings. The van der Waals surface area contributed by atoms with Gasteiger partial charge < -0.3 is 24.3 Å². The van der Waals surface area contributed by atoms with Gasteiger partial charge in [0.1, 0.15) is 5.75 Å². The summed E-state index contributed by atoms with van der Waals surface area (Å²) in [6, 6.07) is 10.7. The maximum Gasteiger partial charge on any atom is 0.491 e. The number of nitrogens with zero attached hydrogens (tertiary/aromatic N) is 2. The number of amides is 2. The van der Waals surface area contributed by atoms with E-state index in [1.807, 2.05) is 0 Å². The number of nitrogens with one attached hydrogen (secondary N) is 2. The van der Waals surface area contributed by atoms with E-state index in [1.165, 1.54) is 62.2 Å². The second-order valence-corrected chi connectivity index (χ2v) is 13.1. The molecule has 2 heterocycles. The fourth-order valence-electron chi connectivity index (χ4n) is 4.21. The van der Waals surface area contributed by atoms with Crippen molar-refractivity contribution in [3.63, 3.8) is 0 Å². The molecule has 4 aromatic rings. The first-order chi connectivity index (χ1) is 23.1. The number of sulfone groups is 1. The third-order valence-corrected chi connectivity index (χ3v) is 8.53. The summed E-state index contributed by atoms with van der Waals surface area (Å²) in [6.07, 6.45) is -3.84. The molecule has 0 atom stereocenters. The lowest BCUT2D eigenvalue weighted by atomic mass is 10.0. The molecule has 2 aromatic heterocycles. The van der Waals surface area contributed by atoms with Gasteiger partial charge in [0.25, 0.3) is 5.91 Å². The zero-order valence-corrected chi connectivity index (χ0v) is 27.9. The third kappa shape index (κ3) is 9.82. The van der Waals surface area contributed by atoms with E-state index in [2.05, 4.69) is 20.6 Å². The topological polar surface area (TPSA) is 172 Å². The molecule has 2 amide bonds. The number of hydrogen-bond donors (Lipinski definition) is 2. The van der Waals surface area contributed by atoms with Crippen LogP contribution in [0, 0.1) is 6.92 Å². The van der Waals surface area contributed by atoms with Crippen LogP contribution in [0.2, 0.25) is 0 Å². The molecular weight excluding hydrogens is 693 g/mol. The molecule has 0 unspecified atom stereocenters. The minimum Gasteiger partial charge on any atom is -0.453 e. The zero-order chi connectivity index (χ0) is 35.9. The van der Waals surface area contributed by atoms with Crippen molar-refractivity contribution < 1.29 is 54.9 Å².